The lowest BCUT2D eigenvalue weighted by atomic mass is 10.2. The van der Waals surface area contributed by atoms with Crippen molar-refractivity contribution < 1.29 is 4.79 Å². The Labute approximate surface area is 99.0 Å². The van der Waals surface area contributed by atoms with Gasteiger partial charge in [0.2, 0.25) is 5.91 Å². The predicted molar refractivity (Wildman–Crippen MR) is 64.1 cm³/mol. The van der Waals surface area contributed by atoms with Gasteiger partial charge in [-0.2, -0.15) is 0 Å². The third-order valence-electron chi connectivity index (χ3n) is 1.80. The van der Waals surface area contributed by atoms with E-state index in [0.717, 1.165) is 17.2 Å². The summed E-state index contributed by atoms with van der Waals surface area (Å²) in [5.41, 5.74) is 2.71. The van der Waals surface area contributed by atoms with E-state index < -0.39 is 0 Å². The van der Waals surface area contributed by atoms with Crippen LogP contribution in [0.4, 0.5) is 0 Å². The highest BCUT2D eigenvalue weighted by molar-refractivity contribution is 7.16. The molecule has 0 aliphatic rings. The van der Waals surface area contributed by atoms with Gasteiger partial charge in [-0.15, -0.1) is 11.3 Å². The first-order chi connectivity index (χ1) is 7.08. The van der Waals surface area contributed by atoms with Gasteiger partial charge in [0.1, 0.15) is 0 Å². The molecule has 1 aromatic heterocycles. The molecular formula is C10H15ClN2OS. The molecule has 1 heterocycles. The number of halogens is 1. The lowest BCUT2D eigenvalue weighted by Crippen LogP contribution is -2.35. The average molecular weight is 247 g/mol. The van der Waals surface area contributed by atoms with Gasteiger partial charge in [-0.05, 0) is 25.0 Å². The molecule has 0 fully saturated rings. The number of carbonyl (C=O) groups excluding carboxylic acids is 1. The first-order valence-corrected chi connectivity index (χ1v) is 5.98. The Kier molecular flexibility index (Phi) is 5.08. The number of aryl methyl sites for hydroxylation is 1. The van der Waals surface area contributed by atoms with Gasteiger partial charge >= 0.3 is 0 Å². The Morgan fingerprint density at radius 3 is 2.80 bits per heavy atom. The fraction of sp³-hybridized carbons (Fsp3) is 0.500. The molecule has 1 N–H and O–H groups in total. The Bertz CT molecular complexity index is 325. The van der Waals surface area contributed by atoms with Gasteiger partial charge < -0.3 is 0 Å². The van der Waals surface area contributed by atoms with Crippen molar-refractivity contribution in [1.82, 2.24) is 10.4 Å². The molecule has 1 rings (SSSR count). The van der Waals surface area contributed by atoms with E-state index in [2.05, 4.69) is 5.43 Å². The van der Waals surface area contributed by atoms with Crippen molar-refractivity contribution in [2.75, 3.05) is 14.1 Å². The van der Waals surface area contributed by atoms with Gasteiger partial charge in [0.15, 0.2) is 0 Å². The fourth-order valence-electron chi connectivity index (χ4n) is 1.21. The monoisotopic (exact) mass is 246 g/mol. The smallest absolute Gasteiger partial charge is 0.234 e. The molecule has 0 saturated carbocycles. The number of hydrogen-bond donors (Lipinski definition) is 1. The second kappa shape index (κ2) is 6.10. The summed E-state index contributed by atoms with van der Waals surface area (Å²) in [7, 11) is 3.61. The number of thiophene rings is 1. The standard InChI is InChI=1S/C10H15ClN2OS/c1-13(2)12-10(14)5-3-4-8-6-7-9(11)15-8/h6-7H,3-5H2,1-2H3,(H,12,14). The molecule has 0 unspecified atom stereocenters. The third kappa shape index (κ3) is 5.16. The van der Waals surface area contributed by atoms with Gasteiger partial charge in [0.25, 0.3) is 0 Å². The summed E-state index contributed by atoms with van der Waals surface area (Å²) in [5, 5.41) is 1.66. The van der Waals surface area contributed by atoms with E-state index in [0.29, 0.717) is 6.42 Å². The molecule has 0 radical (unpaired) electrons. The first-order valence-electron chi connectivity index (χ1n) is 4.79. The Morgan fingerprint density at radius 1 is 1.53 bits per heavy atom. The molecule has 1 amide bonds. The quantitative estimate of drug-likeness (QED) is 0.809. The van der Waals surface area contributed by atoms with Crippen molar-refractivity contribution in [3.8, 4) is 0 Å². The van der Waals surface area contributed by atoms with Crippen LogP contribution in [0.15, 0.2) is 12.1 Å². The SMILES string of the molecule is CN(C)NC(=O)CCCc1ccc(Cl)s1. The van der Waals surface area contributed by atoms with Crippen LogP contribution in [0.3, 0.4) is 0 Å². The molecule has 5 heteroatoms. The van der Waals surface area contributed by atoms with Crippen molar-refractivity contribution in [2.24, 2.45) is 0 Å². The molecular weight excluding hydrogens is 232 g/mol. The third-order valence-corrected chi connectivity index (χ3v) is 3.10. The first kappa shape index (κ1) is 12.5. The number of hydrogen-bond acceptors (Lipinski definition) is 3. The van der Waals surface area contributed by atoms with Gasteiger partial charge in [0, 0.05) is 25.4 Å². The molecule has 0 saturated heterocycles. The number of nitrogens with one attached hydrogen (secondary N) is 1. The molecule has 0 spiro atoms. The van der Waals surface area contributed by atoms with E-state index in [4.69, 9.17) is 11.6 Å². The van der Waals surface area contributed by atoms with Gasteiger partial charge in [-0.3, -0.25) is 10.2 Å². The van der Waals surface area contributed by atoms with Gasteiger partial charge in [0.05, 0.1) is 4.34 Å². The molecule has 0 atom stereocenters. The summed E-state index contributed by atoms with van der Waals surface area (Å²) in [6, 6.07) is 3.90. The van der Waals surface area contributed by atoms with Crippen LogP contribution in [0.25, 0.3) is 0 Å². The summed E-state index contributed by atoms with van der Waals surface area (Å²) in [4.78, 5) is 12.5. The number of amides is 1. The molecule has 0 aromatic carbocycles. The lowest BCUT2D eigenvalue weighted by molar-refractivity contribution is -0.124. The maximum absolute atomic E-state index is 11.3. The average Bonchev–Trinajstić information content (AvgIpc) is 2.50. The lowest BCUT2D eigenvalue weighted by Gasteiger charge is -2.11. The second-order valence-electron chi connectivity index (χ2n) is 3.49. The summed E-state index contributed by atoms with van der Waals surface area (Å²) < 4.78 is 0.808. The maximum Gasteiger partial charge on any atom is 0.234 e. The molecule has 1 aromatic rings. The van der Waals surface area contributed by atoms with Crippen LogP contribution in [-0.2, 0) is 11.2 Å². The van der Waals surface area contributed by atoms with Crippen molar-refractivity contribution in [3.63, 3.8) is 0 Å². The van der Waals surface area contributed by atoms with E-state index in [1.165, 1.54) is 4.88 Å². The highest BCUT2D eigenvalue weighted by Crippen LogP contribution is 2.22. The van der Waals surface area contributed by atoms with Crippen molar-refractivity contribution in [3.05, 3.63) is 21.3 Å². The number of carbonyl (C=O) groups is 1. The summed E-state index contributed by atoms with van der Waals surface area (Å²) in [6.07, 6.45) is 2.32. The van der Waals surface area contributed by atoms with Gasteiger partial charge in [-0.1, -0.05) is 11.6 Å². The molecule has 0 aliphatic heterocycles. The van der Waals surface area contributed by atoms with Gasteiger partial charge in [-0.25, -0.2) is 5.01 Å². The van der Waals surface area contributed by atoms with E-state index in [1.807, 2.05) is 12.1 Å². The minimum Gasteiger partial charge on any atom is -0.289 e. The van der Waals surface area contributed by atoms with Crippen molar-refractivity contribution in [1.29, 1.82) is 0 Å². The molecule has 84 valence electrons. The van der Waals surface area contributed by atoms with E-state index >= 15 is 0 Å². The highest BCUT2D eigenvalue weighted by Gasteiger charge is 2.03. The largest absolute Gasteiger partial charge is 0.289 e. The number of rotatable bonds is 5. The predicted octanol–water partition coefficient (Wildman–Crippen LogP) is 2.32. The van der Waals surface area contributed by atoms with E-state index in [1.54, 1.807) is 30.4 Å². The summed E-state index contributed by atoms with van der Waals surface area (Å²) in [5.74, 6) is 0.0580. The van der Waals surface area contributed by atoms with Crippen LogP contribution in [0, 0.1) is 0 Å². The highest BCUT2D eigenvalue weighted by atomic mass is 35.5. The summed E-state index contributed by atoms with van der Waals surface area (Å²) in [6.45, 7) is 0. The normalized spacial score (nSPS) is 10.7. The summed E-state index contributed by atoms with van der Waals surface area (Å²) >= 11 is 7.38. The van der Waals surface area contributed by atoms with Crippen LogP contribution in [-0.4, -0.2) is 25.0 Å². The second-order valence-corrected chi connectivity index (χ2v) is 5.29. The zero-order valence-corrected chi connectivity index (χ0v) is 10.5. The van der Waals surface area contributed by atoms with Crippen LogP contribution >= 0.6 is 22.9 Å². The Balaban J connectivity index is 2.19. The maximum atomic E-state index is 11.3. The van der Waals surface area contributed by atoms with Crippen LogP contribution in [0.1, 0.15) is 17.7 Å². The zero-order chi connectivity index (χ0) is 11.3. The van der Waals surface area contributed by atoms with Crippen molar-refractivity contribution in [2.45, 2.75) is 19.3 Å². The molecule has 0 aliphatic carbocycles. The minimum absolute atomic E-state index is 0.0580. The topological polar surface area (TPSA) is 32.3 Å². The number of nitrogens with zero attached hydrogens (tertiary/aromatic N) is 1. The fourth-order valence-corrected chi connectivity index (χ4v) is 2.34. The van der Waals surface area contributed by atoms with Crippen LogP contribution in [0.5, 0.6) is 0 Å². The molecule has 15 heavy (non-hydrogen) atoms. The van der Waals surface area contributed by atoms with Crippen molar-refractivity contribution >= 4 is 28.8 Å². The zero-order valence-electron chi connectivity index (χ0n) is 8.92. The van der Waals surface area contributed by atoms with Crippen LogP contribution in [0.2, 0.25) is 4.34 Å². The molecule has 3 nitrogen and oxygen atoms in total. The Morgan fingerprint density at radius 2 is 2.27 bits per heavy atom. The Hall–Kier alpha value is -0.580. The van der Waals surface area contributed by atoms with E-state index in [9.17, 15) is 4.79 Å². The number of hydrazine groups is 1. The molecule has 0 bridgehead atoms. The minimum atomic E-state index is 0.0580. The van der Waals surface area contributed by atoms with E-state index in [-0.39, 0.29) is 5.91 Å². The van der Waals surface area contributed by atoms with Crippen LogP contribution < -0.4 is 5.43 Å².